The summed E-state index contributed by atoms with van der Waals surface area (Å²) in [6.45, 7) is 1.68. The van der Waals surface area contributed by atoms with Gasteiger partial charge in [0.1, 0.15) is 5.82 Å². The van der Waals surface area contributed by atoms with Gasteiger partial charge in [0.2, 0.25) is 0 Å². The summed E-state index contributed by atoms with van der Waals surface area (Å²) < 4.78 is 29.6. The summed E-state index contributed by atoms with van der Waals surface area (Å²) in [6.07, 6.45) is 3.90. The van der Waals surface area contributed by atoms with Crippen molar-refractivity contribution in [2.75, 3.05) is 0 Å². The number of aryl methyl sites for hydroxylation is 1. The summed E-state index contributed by atoms with van der Waals surface area (Å²) in [5, 5.41) is 2.81. The van der Waals surface area contributed by atoms with Crippen LogP contribution in [0.3, 0.4) is 0 Å². The Bertz CT molecular complexity index is 1340. The van der Waals surface area contributed by atoms with E-state index in [1.54, 1.807) is 31.3 Å². The smallest absolute Gasteiger partial charge is 0.327 e. The topological polar surface area (TPSA) is 93.1 Å². The maximum Gasteiger partial charge on any atom is 0.329 e. The molecule has 2 N–H and O–H groups in total. The van der Waals surface area contributed by atoms with Gasteiger partial charge in [0.05, 0.1) is 10.9 Å². The van der Waals surface area contributed by atoms with E-state index >= 15 is 0 Å². The Kier molecular flexibility index (Phi) is 6.55. The lowest BCUT2D eigenvalue weighted by Gasteiger charge is -2.21. The van der Waals surface area contributed by atoms with Gasteiger partial charge in [-0.25, -0.2) is 22.9 Å². The molecule has 33 heavy (non-hydrogen) atoms. The van der Waals surface area contributed by atoms with E-state index in [1.165, 1.54) is 6.07 Å². The van der Waals surface area contributed by atoms with Crippen LogP contribution in [0.5, 0.6) is 0 Å². The molecule has 4 rings (SSSR count). The van der Waals surface area contributed by atoms with Crippen molar-refractivity contribution in [1.29, 1.82) is 0 Å². The third kappa shape index (κ3) is 5.30. The molecule has 0 saturated heterocycles. The van der Waals surface area contributed by atoms with E-state index in [4.69, 9.17) is 0 Å². The van der Waals surface area contributed by atoms with Gasteiger partial charge in [0.15, 0.2) is 0 Å². The van der Waals surface area contributed by atoms with Crippen molar-refractivity contribution in [2.24, 2.45) is 0 Å². The molecule has 0 aliphatic rings. The highest BCUT2D eigenvalue weighted by Gasteiger charge is 2.24. The molecule has 0 aliphatic carbocycles. The van der Waals surface area contributed by atoms with E-state index < -0.39 is 22.1 Å². The highest BCUT2D eigenvalue weighted by atomic mass is 32.2. The first-order valence-corrected chi connectivity index (χ1v) is 11.9. The molecule has 8 heteroatoms. The quantitative estimate of drug-likeness (QED) is 0.433. The molecule has 0 unspecified atom stereocenters. The summed E-state index contributed by atoms with van der Waals surface area (Å²) in [5.41, 5.74) is 2.42. The highest BCUT2D eigenvalue weighted by Crippen LogP contribution is 2.21. The first-order valence-electron chi connectivity index (χ1n) is 10.5. The molecule has 7 nitrogen and oxygen atoms in total. The molecule has 0 fully saturated rings. The molecule has 0 aliphatic heterocycles. The number of carbonyl (C=O) groups is 1. The van der Waals surface area contributed by atoms with Crippen molar-refractivity contribution < 1.29 is 13.2 Å². The molecule has 0 bridgehead atoms. The molecule has 4 aromatic rings. The van der Waals surface area contributed by atoms with Crippen molar-refractivity contribution in [2.45, 2.75) is 24.3 Å². The zero-order valence-electron chi connectivity index (χ0n) is 18.0. The molecule has 2 amide bonds. The van der Waals surface area contributed by atoms with Gasteiger partial charge >= 0.3 is 6.03 Å². The third-order valence-electron chi connectivity index (χ3n) is 5.21. The van der Waals surface area contributed by atoms with E-state index in [9.17, 15) is 13.2 Å². The molecule has 0 radical (unpaired) electrons. The Morgan fingerprint density at radius 2 is 1.58 bits per heavy atom. The third-order valence-corrected chi connectivity index (χ3v) is 6.70. The fourth-order valence-corrected chi connectivity index (χ4v) is 4.82. The van der Waals surface area contributed by atoms with Gasteiger partial charge in [-0.1, -0.05) is 66.7 Å². The van der Waals surface area contributed by atoms with Crippen LogP contribution >= 0.6 is 0 Å². The second kappa shape index (κ2) is 9.70. The summed E-state index contributed by atoms with van der Waals surface area (Å²) in [6, 6.07) is 24.4. The Labute approximate surface area is 193 Å². The van der Waals surface area contributed by atoms with Crippen LogP contribution in [0, 0.1) is 6.92 Å². The number of amides is 2. The summed E-state index contributed by atoms with van der Waals surface area (Å²) in [5.74, 6) is 0.591. The van der Waals surface area contributed by atoms with Crippen molar-refractivity contribution in [1.82, 2.24) is 19.6 Å². The molecule has 3 aromatic carbocycles. The summed E-state index contributed by atoms with van der Waals surface area (Å²) in [4.78, 5) is 17.4. The van der Waals surface area contributed by atoms with Crippen LogP contribution < -0.4 is 10.0 Å². The molecule has 1 heterocycles. The number of imidazole rings is 1. The van der Waals surface area contributed by atoms with E-state index in [-0.39, 0.29) is 4.90 Å². The minimum absolute atomic E-state index is 0.0607. The average Bonchev–Trinajstić information content (AvgIpc) is 3.30. The SMILES string of the molecule is Cc1ccccc1S(=O)(=O)NC(=O)N[C@@H](Cc1ccccc1)c1nccn1-c1ccccc1. The zero-order chi connectivity index (χ0) is 23.3. The summed E-state index contributed by atoms with van der Waals surface area (Å²) in [7, 11) is -4.03. The monoisotopic (exact) mass is 460 g/mol. The molecule has 1 atom stereocenters. The second-order valence-electron chi connectivity index (χ2n) is 7.58. The van der Waals surface area contributed by atoms with Crippen molar-refractivity contribution in [3.05, 3.63) is 114 Å². The molecule has 168 valence electrons. The minimum atomic E-state index is -4.03. The van der Waals surface area contributed by atoms with Crippen LogP contribution in [0.1, 0.15) is 23.0 Å². The predicted molar refractivity (Wildman–Crippen MR) is 126 cm³/mol. The van der Waals surface area contributed by atoms with E-state index in [0.717, 1.165) is 11.3 Å². The Morgan fingerprint density at radius 3 is 2.27 bits per heavy atom. The van der Waals surface area contributed by atoms with Crippen LogP contribution in [0.2, 0.25) is 0 Å². The lowest BCUT2D eigenvalue weighted by molar-refractivity contribution is 0.241. The maximum absolute atomic E-state index is 12.8. The second-order valence-corrected chi connectivity index (χ2v) is 9.23. The summed E-state index contributed by atoms with van der Waals surface area (Å²) >= 11 is 0. The number of urea groups is 1. The Morgan fingerprint density at radius 1 is 0.939 bits per heavy atom. The molecule has 0 saturated carbocycles. The zero-order valence-corrected chi connectivity index (χ0v) is 18.9. The number of nitrogens with zero attached hydrogens (tertiary/aromatic N) is 2. The van der Waals surface area contributed by atoms with Crippen LogP contribution in [0.25, 0.3) is 5.69 Å². The molecular weight excluding hydrogens is 436 g/mol. The largest absolute Gasteiger partial charge is 0.329 e. The normalized spacial score (nSPS) is 12.2. The minimum Gasteiger partial charge on any atom is -0.327 e. The number of sulfonamides is 1. The van der Waals surface area contributed by atoms with E-state index in [2.05, 4.69) is 15.0 Å². The van der Waals surface area contributed by atoms with Crippen LogP contribution in [-0.2, 0) is 16.4 Å². The first kappa shape index (κ1) is 22.3. The Balaban J connectivity index is 1.62. The van der Waals surface area contributed by atoms with Gasteiger partial charge < -0.3 is 9.88 Å². The lowest BCUT2D eigenvalue weighted by Crippen LogP contribution is -2.42. The maximum atomic E-state index is 12.8. The first-order chi connectivity index (χ1) is 15.9. The van der Waals surface area contributed by atoms with Gasteiger partial charge in [-0.15, -0.1) is 0 Å². The number of carbonyl (C=O) groups excluding carboxylic acids is 1. The number of nitrogens with one attached hydrogen (secondary N) is 2. The van der Waals surface area contributed by atoms with E-state index in [0.29, 0.717) is 17.8 Å². The average molecular weight is 461 g/mol. The number of aromatic nitrogens is 2. The molecule has 1 aromatic heterocycles. The highest BCUT2D eigenvalue weighted by molar-refractivity contribution is 7.90. The lowest BCUT2D eigenvalue weighted by atomic mass is 10.1. The molecule has 0 spiro atoms. The van der Waals surface area contributed by atoms with Gasteiger partial charge in [-0.05, 0) is 42.7 Å². The number of hydrogen-bond acceptors (Lipinski definition) is 4. The van der Waals surface area contributed by atoms with Gasteiger partial charge in [0.25, 0.3) is 10.0 Å². The van der Waals surface area contributed by atoms with Crippen LogP contribution in [0.15, 0.2) is 102 Å². The van der Waals surface area contributed by atoms with Gasteiger partial charge in [-0.3, -0.25) is 0 Å². The van der Waals surface area contributed by atoms with Crippen LogP contribution in [-0.4, -0.2) is 24.0 Å². The fraction of sp³-hybridized carbons (Fsp3) is 0.120. The van der Waals surface area contributed by atoms with Gasteiger partial charge in [0, 0.05) is 18.1 Å². The number of hydrogen-bond donors (Lipinski definition) is 2. The molecular formula is C25H24N4O3S. The standard InChI is InChI=1S/C25H24N4O3S/c1-19-10-8-9-15-23(19)33(31,32)28-25(30)27-22(18-20-11-4-2-5-12-20)24-26-16-17-29(24)21-13-6-3-7-14-21/h2-17,22H,18H2,1H3,(H2,27,28,30)/t22-/m0/s1. The van der Waals surface area contributed by atoms with Crippen molar-refractivity contribution in [3.63, 3.8) is 0 Å². The Hall–Kier alpha value is -3.91. The van der Waals surface area contributed by atoms with Gasteiger partial charge in [-0.2, -0.15) is 0 Å². The van der Waals surface area contributed by atoms with Crippen LogP contribution in [0.4, 0.5) is 4.79 Å². The van der Waals surface area contributed by atoms with Crippen molar-refractivity contribution >= 4 is 16.1 Å². The number of benzene rings is 3. The van der Waals surface area contributed by atoms with E-state index in [1.807, 2.05) is 71.4 Å². The number of rotatable bonds is 7. The number of para-hydroxylation sites is 1. The fourth-order valence-electron chi connectivity index (χ4n) is 3.66. The predicted octanol–water partition coefficient (Wildman–Crippen LogP) is 4.15. The van der Waals surface area contributed by atoms with Crippen molar-refractivity contribution in [3.8, 4) is 5.69 Å².